The molecule has 0 radical (unpaired) electrons. The van der Waals surface area contributed by atoms with Gasteiger partial charge in [-0.25, -0.2) is 14.8 Å². The SMILES string of the molecule is COc1ccc(CNc2nccn3c(C4CN(C(=O)OC(C)(C)C)CCO4)nc(Br)c23)c(OC)c1. The number of carbonyl (C=O) groups is 1. The number of hydrogen-bond acceptors (Lipinski definition) is 8. The first-order chi connectivity index (χ1) is 16.7. The van der Waals surface area contributed by atoms with Crippen molar-refractivity contribution in [2.75, 3.05) is 39.2 Å². The number of fused-ring (bicyclic) bond motifs is 1. The van der Waals surface area contributed by atoms with Crippen LogP contribution in [0.5, 0.6) is 11.5 Å². The minimum atomic E-state index is -0.563. The van der Waals surface area contributed by atoms with Crippen LogP contribution in [0.4, 0.5) is 10.6 Å². The average Bonchev–Trinajstić information content (AvgIpc) is 3.18. The van der Waals surface area contributed by atoms with E-state index in [9.17, 15) is 4.79 Å². The van der Waals surface area contributed by atoms with Gasteiger partial charge < -0.3 is 29.2 Å². The third-order valence-corrected chi connectivity index (χ3v) is 6.04. The number of morpholine rings is 1. The first-order valence-corrected chi connectivity index (χ1v) is 12.1. The molecule has 1 fully saturated rings. The van der Waals surface area contributed by atoms with Crippen molar-refractivity contribution in [1.82, 2.24) is 19.3 Å². The van der Waals surface area contributed by atoms with Crippen LogP contribution >= 0.6 is 15.9 Å². The molecule has 1 aromatic carbocycles. The van der Waals surface area contributed by atoms with Crippen LogP contribution < -0.4 is 14.8 Å². The fourth-order valence-corrected chi connectivity index (χ4v) is 4.41. The highest BCUT2D eigenvalue weighted by Gasteiger charge is 2.32. The lowest BCUT2D eigenvalue weighted by Gasteiger charge is -2.33. The zero-order chi connectivity index (χ0) is 25.2. The number of methoxy groups -OCH3 is 2. The zero-order valence-corrected chi connectivity index (χ0v) is 22.1. The van der Waals surface area contributed by atoms with Gasteiger partial charge in [-0.05, 0) is 48.8 Å². The van der Waals surface area contributed by atoms with Crippen LogP contribution in [0, 0.1) is 0 Å². The Labute approximate surface area is 212 Å². The molecule has 3 heterocycles. The second-order valence-corrected chi connectivity index (χ2v) is 9.82. The third-order valence-electron chi connectivity index (χ3n) is 5.49. The minimum Gasteiger partial charge on any atom is -0.497 e. The number of nitrogens with one attached hydrogen (secondary N) is 1. The van der Waals surface area contributed by atoms with Gasteiger partial charge in [-0.1, -0.05) is 0 Å². The highest BCUT2D eigenvalue weighted by molar-refractivity contribution is 9.10. The van der Waals surface area contributed by atoms with Gasteiger partial charge >= 0.3 is 6.09 Å². The van der Waals surface area contributed by atoms with Crippen molar-refractivity contribution in [3.63, 3.8) is 0 Å². The number of carbonyl (C=O) groups excluding carboxylic acids is 1. The minimum absolute atomic E-state index is 0.342. The molecule has 1 atom stereocenters. The maximum absolute atomic E-state index is 12.6. The Hall–Kier alpha value is -3.05. The smallest absolute Gasteiger partial charge is 0.410 e. The van der Waals surface area contributed by atoms with Crippen LogP contribution in [-0.2, 0) is 16.0 Å². The highest BCUT2D eigenvalue weighted by atomic mass is 79.9. The van der Waals surface area contributed by atoms with Gasteiger partial charge in [-0.2, -0.15) is 0 Å². The van der Waals surface area contributed by atoms with Crippen molar-refractivity contribution < 1.29 is 23.7 Å². The highest BCUT2D eigenvalue weighted by Crippen LogP contribution is 2.31. The normalized spacial score (nSPS) is 16.3. The number of ether oxygens (including phenoxy) is 4. The van der Waals surface area contributed by atoms with Gasteiger partial charge in [0, 0.05) is 37.1 Å². The molecule has 1 saturated heterocycles. The molecule has 35 heavy (non-hydrogen) atoms. The average molecular weight is 548 g/mol. The van der Waals surface area contributed by atoms with Gasteiger partial charge in [-0.15, -0.1) is 0 Å². The van der Waals surface area contributed by atoms with Crippen LogP contribution in [0.25, 0.3) is 5.52 Å². The first-order valence-electron chi connectivity index (χ1n) is 11.3. The van der Waals surface area contributed by atoms with E-state index in [1.54, 1.807) is 25.3 Å². The number of anilines is 1. The summed E-state index contributed by atoms with van der Waals surface area (Å²) in [5.74, 6) is 2.76. The standard InChI is InChI=1S/C24H30BrN5O5/c1-24(2,3)35-23(31)29-10-11-34-18(14-29)22-28-20(25)19-21(26-8-9-30(19)22)27-13-15-6-7-16(32-4)12-17(15)33-5/h6-9,12,18H,10-11,13-14H2,1-5H3,(H,26,27). The summed E-state index contributed by atoms with van der Waals surface area (Å²) in [6.07, 6.45) is 2.76. The Morgan fingerprint density at radius 3 is 2.80 bits per heavy atom. The number of aromatic nitrogens is 3. The zero-order valence-electron chi connectivity index (χ0n) is 20.5. The lowest BCUT2D eigenvalue weighted by molar-refractivity contribution is -0.0464. The van der Waals surface area contributed by atoms with E-state index in [1.807, 2.05) is 49.6 Å². The van der Waals surface area contributed by atoms with Gasteiger partial charge in [0.05, 0.1) is 27.4 Å². The maximum atomic E-state index is 12.6. The molecule has 1 N–H and O–H groups in total. The Morgan fingerprint density at radius 1 is 1.29 bits per heavy atom. The van der Waals surface area contributed by atoms with E-state index in [2.05, 4.69) is 26.2 Å². The molecule has 3 aromatic rings. The Morgan fingerprint density at radius 2 is 2.09 bits per heavy atom. The third kappa shape index (κ3) is 5.62. The van der Waals surface area contributed by atoms with Crippen molar-refractivity contribution in [1.29, 1.82) is 0 Å². The molecule has 11 heteroatoms. The molecule has 0 bridgehead atoms. The Bertz CT molecular complexity index is 1210. The number of benzene rings is 1. The summed E-state index contributed by atoms with van der Waals surface area (Å²) in [4.78, 5) is 23.5. The molecule has 4 rings (SSSR count). The topological polar surface area (TPSA) is 99.5 Å². The summed E-state index contributed by atoms with van der Waals surface area (Å²) in [5.41, 5.74) is 1.16. The van der Waals surface area contributed by atoms with E-state index in [0.29, 0.717) is 42.5 Å². The van der Waals surface area contributed by atoms with Crippen molar-refractivity contribution in [2.45, 2.75) is 39.0 Å². The quantitative estimate of drug-likeness (QED) is 0.483. The van der Waals surface area contributed by atoms with Gasteiger partial charge in [0.1, 0.15) is 39.1 Å². The fraction of sp³-hybridized carbons (Fsp3) is 0.458. The predicted molar refractivity (Wildman–Crippen MR) is 134 cm³/mol. The van der Waals surface area contributed by atoms with Gasteiger partial charge in [-0.3, -0.25) is 4.40 Å². The summed E-state index contributed by atoms with van der Waals surface area (Å²) in [7, 11) is 3.25. The number of hydrogen-bond donors (Lipinski definition) is 1. The molecule has 1 aliphatic rings. The molecule has 0 saturated carbocycles. The maximum Gasteiger partial charge on any atom is 0.410 e. The Kier molecular flexibility index (Phi) is 7.36. The van der Waals surface area contributed by atoms with E-state index < -0.39 is 11.7 Å². The van der Waals surface area contributed by atoms with Crippen molar-refractivity contribution in [3.05, 3.63) is 46.6 Å². The molecule has 1 aliphatic heterocycles. The lowest BCUT2D eigenvalue weighted by Crippen LogP contribution is -2.45. The van der Waals surface area contributed by atoms with E-state index in [0.717, 1.165) is 22.6 Å². The van der Waals surface area contributed by atoms with Gasteiger partial charge in [0.2, 0.25) is 0 Å². The lowest BCUT2D eigenvalue weighted by atomic mass is 10.2. The first kappa shape index (κ1) is 25.1. The number of imidazole rings is 1. The van der Waals surface area contributed by atoms with E-state index in [4.69, 9.17) is 23.9 Å². The molecule has 2 aromatic heterocycles. The second-order valence-electron chi connectivity index (χ2n) is 9.07. The Balaban J connectivity index is 1.56. The summed E-state index contributed by atoms with van der Waals surface area (Å²) in [6.45, 7) is 7.24. The monoisotopic (exact) mass is 547 g/mol. The van der Waals surface area contributed by atoms with Crippen LogP contribution in [0.2, 0.25) is 0 Å². The van der Waals surface area contributed by atoms with Crippen molar-refractivity contribution in [2.24, 2.45) is 0 Å². The summed E-state index contributed by atoms with van der Waals surface area (Å²) >= 11 is 3.58. The van der Waals surface area contributed by atoms with Crippen molar-refractivity contribution in [3.8, 4) is 11.5 Å². The molecular formula is C24H30BrN5O5. The summed E-state index contributed by atoms with van der Waals surface area (Å²) in [6, 6.07) is 5.68. The second kappa shape index (κ2) is 10.3. The number of halogens is 1. The largest absolute Gasteiger partial charge is 0.497 e. The number of nitrogens with zero attached hydrogens (tertiary/aromatic N) is 4. The number of amides is 1. The summed E-state index contributed by atoms with van der Waals surface area (Å²) < 4.78 is 24.9. The van der Waals surface area contributed by atoms with E-state index >= 15 is 0 Å². The summed E-state index contributed by atoms with van der Waals surface area (Å²) in [5, 5.41) is 3.38. The van der Waals surface area contributed by atoms with Crippen LogP contribution in [-0.4, -0.2) is 64.9 Å². The van der Waals surface area contributed by atoms with Gasteiger partial charge in [0.25, 0.3) is 0 Å². The van der Waals surface area contributed by atoms with Crippen LogP contribution in [0.3, 0.4) is 0 Å². The fourth-order valence-electron chi connectivity index (χ4n) is 3.85. The van der Waals surface area contributed by atoms with E-state index in [1.165, 1.54) is 0 Å². The molecule has 10 nitrogen and oxygen atoms in total. The predicted octanol–water partition coefficient (Wildman–Crippen LogP) is 4.43. The van der Waals surface area contributed by atoms with Crippen LogP contribution in [0.15, 0.2) is 35.2 Å². The molecule has 1 unspecified atom stereocenters. The molecular weight excluding hydrogens is 518 g/mol. The molecule has 1 amide bonds. The molecule has 0 aliphatic carbocycles. The number of rotatable bonds is 6. The van der Waals surface area contributed by atoms with Gasteiger partial charge in [0.15, 0.2) is 5.82 Å². The molecule has 0 spiro atoms. The molecule has 188 valence electrons. The van der Waals surface area contributed by atoms with Crippen molar-refractivity contribution >= 4 is 33.4 Å². The van der Waals surface area contributed by atoms with Crippen LogP contribution in [0.1, 0.15) is 38.3 Å². The van der Waals surface area contributed by atoms with E-state index in [-0.39, 0.29) is 6.09 Å².